The number of piperazine rings is 1. The predicted molar refractivity (Wildman–Crippen MR) is 64.2 cm³/mol. The van der Waals surface area contributed by atoms with Crippen molar-refractivity contribution in [2.24, 2.45) is 0 Å². The van der Waals surface area contributed by atoms with Gasteiger partial charge in [-0.15, -0.1) is 0 Å². The van der Waals surface area contributed by atoms with E-state index in [4.69, 9.17) is 0 Å². The van der Waals surface area contributed by atoms with Gasteiger partial charge in [0, 0.05) is 38.6 Å². The highest BCUT2D eigenvalue weighted by molar-refractivity contribution is 5.21. The van der Waals surface area contributed by atoms with E-state index < -0.39 is 24.1 Å². The summed E-state index contributed by atoms with van der Waals surface area (Å²) in [6.45, 7) is 2.67. The molecule has 1 aromatic rings. The van der Waals surface area contributed by atoms with Gasteiger partial charge in [-0.2, -0.15) is 0 Å². The summed E-state index contributed by atoms with van der Waals surface area (Å²) in [5.41, 5.74) is 0.404. The molecule has 1 fully saturated rings. The minimum atomic E-state index is -2.48. The zero-order valence-electron chi connectivity index (χ0n) is 10.4. The fourth-order valence-corrected chi connectivity index (χ4v) is 2.38. The van der Waals surface area contributed by atoms with E-state index in [9.17, 15) is 17.6 Å². The molecule has 1 saturated heterocycles. The Bertz CT molecular complexity index is 419. The maximum Gasteiger partial charge on any atom is 0.240 e. The highest BCUT2D eigenvalue weighted by Gasteiger charge is 2.26. The fraction of sp³-hybridized carbons (Fsp3) is 0.538. The maximum atomic E-state index is 13.3. The van der Waals surface area contributed by atoms with E-state index in [2.05, 4.69) is 5.32 Å². The predicted octanol–water partition coefficient (Wildman–Crippen LogP) is 2.57. The van der Waals surface area contributed by atoms with Crippen LogP contribution in [0.5, 0.6) is 0 Å². The van der Waals surface area contributed by atoms with Crippen LogP contribution in [-0.2, 0) is 0 Å². The smallest absolute Gasteiger partial charge is 0.240 e. The van der Waals surface area contributed by atoms with Crippen LogP contribution in [-0.4, -0.2) is 37.5 Å². The number of nitrogens with one attached hydrogen (secondary N) is 1. The molecule has 0 aromatic heterocycles. The first-order chi connectivity index (χ1) is 9.08. The van der Waals surface area contributed by atoms with Crippen LogP contribution in [0.15, 0.2) is 18.2 Å². The summed E-state index contributed by atoms with van der Waals surface area (Å²) < 4.78 is 51.6. The number of halogens is 4. The van der Waals surface area contributed by atoms with Crippen molar-refractivity contribution in [1.29, 1.82) is 0 Å². The van der Waals surface area contributed by atoms with Crippen LogP contribution in [0.1, 0.15) is 18.0 Å². The van der Waals surface area contributed by atoms with Crippen LogP contribution in [0.25, 0.3) is 0 Å². The minimum absolute atomic E-state index is 0.370. The lowest BCUT2D eigenvalue weighted by Gasteiger charge is -2.35. The van der Waals surface area contributed by atoms with Gasteiger partial charge < -0.3 is 5.32 Å². The quantitative estimate of drug-likeness (QED) is 0.850. The van der Waals surface area contributed by atoms with Crippen LogP contribution in [0.3, 0.4) is 0 Å². The van der Waals surface area contributed by atoms with Crippen molar-refractivity contribution in [2.75, 3.05) is 26.2 Å². The van der Waals surface area contributed by atoms with E-state index in [-0.39, 0.29) is 6.42 Å². The molecular weight excluding hydrogens is 260 g/mol. The van der Waals surface area contributed by atoms with E-state index in [1.807, 2.05) is 4.90 Å². The molecule has 6 heteroatoms. The van der Waals surface area contributed by atoms with Gasteiger partial charge in [0.25, 0.3) is 0 Å². The lowest BCUT2D eigenvalue weighted by molar-refractivity contribution is 0.0737. The molecule has 0 radical (unpaired) electrons. The second kappa shape index (κ2) is 6.34. The Morgan fingerprint density at radius 1 is 1.11 bits per heavy atom. The van der Waals surface area contributed by atoms with E-state index in [0.29, 0.717) is 31.7 Å². The second-order valence-corrected chi connectivity index (χ2v) is 4.60. The number of hydrogen-bond acceptors (Lipinski definition) is 2. The Morgan fingerprint density at radius 3 is 2.37 bits per heavy atom. The molecule has 19 heavy (non-hydrogen) atoms. The average molecular weight is 276 g/mol. The van der Waals surface area contributed by atoms with Crippen molar-refractivity contribution in [3.63, 3.8) is 0 Å². The summed E-state index contributed by atoms with van der Waals surface area (Å²) in [5.74, 6) is -1.95. The third kappa shape index (κ3) is 3.67. The van der Waals surface area contributed by atoms with Crippen LogP contribution in [0, 0.1) is 11.6 Å². The molecule has 1 aliphatic rings. The Morgan fingerprint density at radius 2 is 1.79 bits per heavy atom. The van der Waals surface area contributed by atoms with Crippen molar-refractivity contribution in [2.45, 2.75) is 18.9 Å². The molecule has 0 spiro atoms. The molecular formula is C13H16F4N2. The van der Waals surface area contributed by atoms with Gasteiger partial charge in [0.2, 0.25) is 6.43 Å². The third-order valence-electron chi connectivity index (χ3n) is 3.32. The first kappa shape index (κ1) is 14.3. The molecule has 0 amide bonds. The second-order valence-electron chi connectivity index (χ2n) is 4.60. The molecule has 1 N–H and O–H groups in total. The molecule has 0 bridgehead atoms. The van der Waals surface area contributed by atoms with Gasteiger partial charge in [-0.25, -0.2) is 17.6 Å². The van der Waals surface area contributed by atoms with Crippen LogP contribution >= 0.6 is 0 Å². The molecule has 2 nitrogen and oxygen atoms in total. The van der Waals surface area contributed by atoms with Gasteiger partial charge in [-0.3, -0.25) is 4.90 Å². The molecule has 0 aliphatic carbocycles. The highest BCUT2D eigenvalue weighted by Crippen LogP contribution is 2.28. The standard InChI is InChI=1S/C13H16F4N2/c14-10-2-1-9(7-11(10)15)12(8-13(16)17)19-5-3-18-4-6-19/h1-2,7,12-13,18H,3-6,8H2/t12-/m0/s1. The lowest BCUT2D eigenvalue weighted by Crippen LogP contribution is -2.45. The van der Waals surface area contributed by atoms with Crippen molar-refractivity contribution < 1.29 is 17.6 Å². The molecule has 0 unspecified atom stereocenters. The van der Waals surface area contributed by atoms with E-state index in [1.54, 1.807) is 0 Å². The van der Waals surface area contributed by atoms with Crippen LogP contribution in [0.4, 0.5) is 17.6 Å². The number of rotatable bonds is 4. The van der Waals surface area contributed by atoms with Crippen LogP contribution in [0.2, 0.25) is 0 Å². The minimum Gasteiger partial charge on any atom is -0.314 e. The molecule has 1 aliphatic heterocycles. The summed E-state index contributed by atoms with van der Waals surface area (Å²) in [4.78, 5) is 1.88. The Hall–Kier alpha value is -1.14. The fourth-order valence-electron chi connectivity index (χ4n) is 2.38. The van der Waals surface area contributed by atoms with Crippen molar-refractivity contribution in [3.8, 4) is 0 Å². The van der Waals surface area contributed by atoms with Crippen LogP contribution < -0.4 is 5.32 Å². The van der Waals surface area contributed by atoms with Crippen molar-refractivity contribution in [1.82, 2.24) is 10.2 Å². The summed E-state index contributed by atoms with van der Waals surface area (Å²) in [6, 6.07) is 2.82. The average Bonchev–Trinajstić information content (AvgIpc) is 2.40. The summed E-state index contributed by atoms with van der Waals surface area (Å²) in [6.07, 6.45) is -2.85. The monoisotopic (exact) mass is 276 g/mol. The van der Waals surface area contributed by atoms with E-state index in [0.717, 1.165) is 12.1 Å². The van der Waals surface area contributed by atoms with Gasteiger partial charge in [0.05, 0.1) is 0 Å². The zero-order chi connectivity index (χ0) is 13.8. The normalized spacial score (nSPS) is 18.8. The molecule has 1 heterocycles. The van der Waals surface area contributed by atoms with E-state index >= 15 is 0 Å². The van der Waals surface area contributed by atoms with Gasteiger partial charge in [-0.1, -0.05) is 6.07 Å². The topological polar surface area (TPSA) is 15.3 Å². The molecule has 106 valence electrons. The van der Waals surface area contributed by atoms with E-state index in [1.165, 1.54) is 6.07 Å². The van der Waals surface area contributed by atoms with Gasteiger partial charge in [0.1, 0.15) is 0 Å². The summed E-state index contributed by atoms with van der Waals surface area (Å²) in [5, 5.41) is 3.13. The zero-order valence-corrected chi connectivity index (χ0v) is 10.4. The van der Waals surface area contributed by atoms with Crippen molar-refractivity contribution >= 4 is 0 Å². The first-order valence-corrected chi connectivity index (χ1v) is 6.26. The largest absolute Gasteiger partial charge is 0.314 e. The van der Waals surface area contributed by atoms with Gasteiger partial charge >= 0.3 is 0 Å². The van der Waals surface area contributed by atoms with Crippen molar-refractivity contribution in [3.05, 3.63) is 35.4 Å². The SMILES string of the molecule is Fc1ccc([C@H](CC(F)F)N2CCNCC2)cc1F. The maximum absolute atomic E-state index is 13.3. The molecule has 0 saturated carbocycles. The summed E-state index contributed by atoms with van der Waals surface area (Å²) >= 11 is 0. The molecule has 1 aromatic carbocycles. The number of nitrogens with zero attached hydrogens (tertiary/aromatic N) is 1. The molecule has 1 atom stereocenters. The number of hydrogen-bond donors (Lipinski definition) is 1. The number of alkyl halides is 2. The Kier molecular flexibility index (Phi) is 4.76. The lowest BCUT2D eigenvalue weighted by atomic mass is 10.0. The first-order valence-electron chi connectivity index (χ1n) is 6.26. The number of benzene rings is 1. The third-order valence-corrected chi connectivity index (χ3v) is 3.32. The summed E-state index contributed by atoms with van der Waals surface area (Å²) in [7, 11) is 0. The van der Waals surface area contributed by atoms with Gasteiger partial charge in [-0.05, 0) is 17.7 Å². The van der Waals surface area contributed by atoms with Gasteiger partial charge in [0.15, 0.2) is 11.6 Å². The Labute approximate surface area is 109 Å². The Balaban J connectivity index is 2.22. The highest BCUT2D eigenvalue weighted by atomic mass is 19.3. The molecule has 2 rings (SSSR count).